The minimum Gasteiger partial charge on any atom is -0.469 e. The zero-order valence-electron chi connectivity index (χ0n) is 11.5. The van der Waals surface area contributed by atoms with Gasteiger partial charge in [-0.2, -0.15) is 0 Å². The number of thiocarbonyl (C=S) groups is 1. The Bertz CT molecular complexity index is 581. The van der Waals surface area contributed by atoms with Crippen molar-refractivity contribution >= 4 is 46.2 Å². The van der Waals surface area contributed by atoms with Gasteiger partial charge in [-0.3, -0.25) is 0 Å². The normalized spacial score (nSPS) is 12.0. The summed E-state index contributed by atoms with van der Waals surface area (Å²) in [5.41, 5.74) is 0.767. The smallest absolute Gasteiger partial charge is 0.170 e. The van der Waals surface area contributed by atoms with Crippen LogP contribution in [0, 0.1) is 0 Å². The molecule has 1 aromatic heterocycles. The van der Waals surface area contributed by atoms with Crippen LogP contribution in [-0.2, 0) is 6.42 Å². The van der Waals surface area contributed by atoms with Gasteiger partial charge in [0.15, 0.2) is 5.11 Å². The molecule has 0 unspecified atom stereocenters. The minimum absolute atomic E-state index is 0.227. The van der Waals surface area contributed by atoms with Crippen molar-refractivity contribution in [3.05, 3.63) is 52.4 Å². The molecular weight excluding hydrogens is 327 g/mol. The van der Waals surface area contributed by atoms with E-state index in [1.54, 1.807) is 24.5 Å². The first kappa shape index (κ1) is 16.1. The Morgan fingerprint density at radius 1 is 1.29 bits per heavy atom. The first-order valence-electron chi connectivity index (χ1n) is 6.59. The van der Waals surface area contributed by atoms with E-state index >= 15 is 0 Å². The molecule has 0 saturated carbocycles. The quantitative estimate of drug-likeness (QED) is 0.758. The summed E-state index contributed by atoms with van der Waals surface area (Å²) < 4.78 is 5.31. The highest BCUT2D eigenvalue weighted by atomic mass is 35.5. The molecule has 112 valence electrons. The van der Waals surface area contributed by atoms with Gasteiger partial charge in [0.05, 0.1) is 6.26 Å². The third-order valence-electron chi connectivity index (χ3n) is 2.90. The number of hydrogen-bond acceptors (Lipinski definition) is 2. The fourth-order valence-corrected chi connectivity index (χ4v) is 2.75. The molecule has 0 aliphatic heterocycles. The van der Waals surface area contributed by atoms with Crippen LogP contribution in [0.3, 0.4) is 0 Å². The summed E-state index contributed by atoms with van der Waals surface area (Å²) in [5.74, 6) is 0.976. The summed E-state index contributed by atoms with van der Waals surface area (Å²) in [6.45, 7) is 2.07. The van der Waals surface area contributed by atoms with Gasteiger partial charge in [-0.25, -0.2) is 0 Å². The van der Waals surface area contributed by atoms with E-state index in [2.05, 4.69) is 17.6 Å². The molecule has 2 rings (SSSR count). The zero-order chi connectivity index (χ0) is 15.2. The predicted octanol–water partition coefficient (Wildman–Crippen LogP) is 4.89. The van der Waals surface area contributed by atoms with Crippen molar-refractivity contribution in [3.8, 4) is 0 Å². The third-order valence-corrected chi connectivity index (χ3v) is 3.56. The van der Waals surface area contributed by atoms with Gasteiger partial charge in [0.1, 0.15) is 5.76 Å². The molecule has 0 saturated heterocycles. The summed E-state index contributed by atoms with van der Waals surface area (Å²) >= 11 is 17.2. The van der Waals surface area contributed by atoms with Crippen LogP contribution in [0.1, 0.15) is 19.1 Å². The highest BCUT2D eigenvalue weighted by molar-refractivity contribution is 7.80. The lowest BCUT2D eigenvalue weighted by Gasteiger charge is -2.16. The number of halogens is 2. The van der Waals surface area contributed by atoms with Gasteiger partial charge in [-0.05, 0) is 55.9 Å². The van der Waals surface area contributed by atoms with Crippen molar-refractivity contribution in [3.63, 3.8) is 0 Å². The monoisotopic (exact) mass is 342 g/mol. The maximum Gasteiger partial charge on any atom is 0.170 e. The average Bonchev–Trinajstić information content (AvgIpc) is 2.87. The lowest BCUT2D eigenvalue weighted by atomic mass is 10.1. The van der Waals surface area contributed by atoms with Gasteiger partial charge in [0.2, 0.25) is 0 Å². The van der Waals surface area contributed by atoms with Crippen molar-refractivity contribution in [2.45, 2.75) is 25.8 Å². The standard InChI is InChI=1S/C15H16Cl2N2OS/c1-10(4-5-14-3-2-6-20-14)18-15(21)19-13-8-11(16)7-12(17)9-13/h2-3,6-10H,4-5H2,1H3,(H2,18,19,21)/t10-/m1/s1. The number of furan rings is 1. The lowest BCUT2D eigenvalue weighted by molar-refractivity contribution is 0.483. The maximum atomic E-state index is 5.95. The Balaban J connectivity index is 1.80. The molecule has 2 N–H and O–H groups in total. The maximum absolute atomic E-state index is 5.95. The van der Waals surface area contributed by atoms with Crippen LogP contribution in [0.15, 0.2) is 41.0 Å². The molecule has 2 aromatic rings. The predicted molar refractivity (Wildman–Crippen MR) is 92.3 cm³/mol. The van der Waals surface area contributed by atoms with Gasteiger partial charge in [0.25, 0.3) is 0 Å². The second kappa shape index (κ2) is 7.69. The summed E-state index contributed by atoms with van der Waals surface area (Å²) in [6.07, 6.45) is 3.47. The topological polar surface area (TPSA) is 37.2 Å². The summed E-state index contributed by atoms with van der Waals surface area (Å²) in [7, 11) is 0. The summed E-state index contributed by atoms with van der Waals surface area (Å²) in [5, 5.41) is 7.98. The number of hydrogen-bond donors (Lipinski definition) is 2. The van der Waals surface area contributed by atoms with E-state index in [-0.39, 0.29) is 6.04 Å². The molecular formula is C15H16Cl2N2OS. The van der Waals surface area contributed by atoms with E-state index < -0.39 is 0 Å². The van der Waals surface area contributed by atoms with E-state index in [4.69, 9.17) is 39.8 Å². The van der Waals surface area contributed by atoms with Crippen LogP contribution in [0.2, 0.25) is 10.0 Å². The molecule has 0 amide bonds. The van der Waals surface area contributed by atoms with Gasteiger partial charge in [-0.1, -0.05) is 23.2 Å². The van der Waals surface area contributed by atoms with Crippen LogP contribution in [0.25, 0.3) is 0 Å². The lowest BCUT2D eigenvalue weighted by Crippen LogP contribution is -2.36. The fraction of sp³-hybridized carbons (Fsp3) is 0.267. The molecule has 0 spiro atoms. The number of aryl methyl sites for hydroxylation is 1. The Morgan fingerprint density at radius 2 is 2.00 bits per heavy atom. The van der Waals surface area contributed by atoms with Crippen LogP contribution in [0.4, 0.5) is 5.69 Å². The number of rotatable bonds is 5. The van der Waals surface area contributed by atoms with Gasteiger partial charge < -0.3 is 15.1 Å². The van der Waals surface area contributed by atoms with Gasteiger partial charge in [-0.15, -0.1) is 0 Å². The molecule has 1 atom stereocenters. The molecule has 0 bridgehead atoms. The Labute approximate surface area is 139 Å². The van der Waals surface area contributed by atoms with Gasteiger partial charge in [0, 0.05) is 28.2 Å². The fourth-order valence-electron chi connectivity index (χ4n) is 1.90. The molecule has 21 heavy (non-hydrogen) atoms. The van der Waals surface area contributed by atoms with Crippen molar-refractivity contribution in [2.75, 3.05) is 5.32 Å². The second-order valence-corrected chi connectivity index (χ2v) is 6.06. The molecule has 1 aromatic carbocycles. The van der Waals surface area contributed by atoms with Crippen LogP contribution in [0.5, 0.6) is 0 Å². The second-order valence-electron chi connectivity index (χ2n) is 4.78. The van der Waals surface area contributed by atoms with Crippen molar-refractivity contribution in [1.82, 2.24) is 5.32 Å². The number of nitrogens with one attached hydrogen (secondary N) is 2. The average molecular weight is 343 g/mol. The van der Waals surface area contributed by atoms with Gasteiger partial charge >= 0.3 is 0 Å². The summed E-state index contributed by atoms with van der Waals surface area (Å²) in [6, 6.07) is 9.31. The van der Waals surface area contributed by atoms with E-state index in [0.29, 0.717) is 15.2 Å². The molecule has 0 fully saturated rings. The minimum atomic E-state index is 0.227. The molecule has 0 aliphatic carbocycles. The molecule has 1 heterocycles. The zero-order valence-corrected chi connectivity index (χ0v) is 13.9. The first-order valence-corrected chi connectivity index (χ1v) is 7.75. The van der Waals surface area contributed by atoms with E-state index in [1.165, 1.54) is 0 Å². The molecule has 0 radical (unpaired) electrons. The van der Waals surface area contributed by atoms with Crippen LogP contribution >= 0.6 is 35.4 Å². The van der Waals surface area contributed by atoms with Crippen LogP contribution < -0.4 is 10.6 Å². The Kier molecular flexibility index (Phi) is 5.91. The Morgan fingerprint density at radius 3 is 2.62 bits per heavy atom. The van der Waals surface area contributed by atoms with E-state index in [9.17, 15) is 0 Å². The van der Waals surface area contributed by atoms with Crippen molar-refractivity contribution < 1.29 is 4.42 Å². The summed E-state index contributed by atoms with van der Waals surface area (Å²) in [4.78, 5) is 0. The number of anilines is 1. The third kappa shape index (κ3) is 5.58. The highest BCUT2D eigenvalue weighted by Crippen LogP contribution is 2.22. The van der Waals surface area contributed by atoms with Crippen LogP contribution in [-0.4, -0.2) is 11.2 Å². The SMILES string of the molecule is C[C@H](CCc1ccco1)NC(=S)Nc1cc(Cl)cc(Cl)c1. The number of benzene rings is 1. The first-order chi connectivity index (χ1) is 10.0. The van der Waals surface area contributed by atoms with E-state index in [0.717, 1.165) is 24.3 Å². The molecule has 3 nitrogen and oxygen atoms in total. The Hall–Kier alpha value is -1.23. The van der Waals surface area contributed by atoms with Crippen molar-refractivity contribution in [2.24, 2.45) is 0 Å². The highest BCUT2D eigenvalue weighted by Gasteiger charge is 2.07. The molecule has 6 heteroatoms. The van der Waals surface area contributed by atoms with Crippen molar-refractivity contribution in [1.29, 1.82) is 0 Å². The van der Waals surface area contributed by atoms with E-state index in [1.807, 2.05) is 12.1 Å². The largest absolute Gasteiger partial charge is 0.469 e. The molecule has 0 aliphatic rings.